The number of hydrogen-bond donors (Lipinski definition) is 0. The lowest BCUT2D eigenvalue weighted by Gasteiger charge is -2.18. The minimum Gasteiger partial charge on any atom is -0.496 e. The highest BCUT2D eigenvalue weighted by Gasteiger charge is 2.26. The molecular formula is C20H23N3O4S. The summed E-state index contributed by atoms with van der Waals surface area (Å²) in [6, 6.07) is 10.9. The third-order valence-electron chi connectivity index (χ3n) is 4.81. The molecule has 1 aromatic heterocycles. The zero-order valence-electron chi connectivity index (χ0n) is 16.6. The van der Waals surface area contributed by atoms with Crippen LogP contribution in [0.3, 0.4) is 0 Å². The molecule has 7 nitrogen and oxygen atoms in total. The predicted molar refractivity (Wildman–Crippen MR) is 106 cm³/mol. The number of benzene rings is 2. The van der Waals surface area contributed by atoms with Gasteiger partial charge in [0.05, 0.1) is 18.6 Å². The molecule has 0 fully saturated rings. The summed E-state index contributed by atoms with van der Waals surface area (Å²) in [5.74, 6) is 1.32. The minimum absolute atomic E-state index is 0.0221. The minimum atomic E-state index is -3.73. The molecule has 0 radical (unpaired) electrons. The van der Waals surface area contributed by atoms with Crippen molar-refractivity contribution in [1.29, 1.82) is 0 Å². The van der Waals surface area contributed by atoms with Crippen LogP contribution in [0.1, 0.15) is 22.6 Å². The maximum atomic E-state index is 13.0. The average molecular weight is 401 g/mol. The van der Waals surface area contributed by atoms with Gasteiger partial charge < -0.3 is 9.26 Å². The third kappa shape index (κ3) is 3.65. The number of rotatable bonds is 6. The van der Waals surface area contributed by atoms with E-state index in [1.807, 2.05) is 38.1 Å². The Hall–Kier alpha value is -2.71. The van der Waals surface area contributed by atoms with Crippen molar-refractivity contribution < 1.29 is 17.7 Å². The highest BCUT2D eigenvalue weighted by atomic mass is 32.2. The van der Waals surface area contributed by atoms with Crippen molar-refractivity contribution in [2.75, 3.05) is 14.2 Å². The van der Waals surface area contributed by atoms with E-state index in [4.69, 9.17) is 9.26 Å². The Morgan fingerprint density at radius 2 is 1.79 bits per heavy atom. The lowest BCUT2D eigenvalue weighted by atomic mass is 10.1. The second-order valence-electron chi connectivity index (χ2n) is 6.60. The monoisotopic (exact) mass is 401 g/mol. The Morgan fingerprint density at radius 3 is 2.46 bits per heavy atom. The Kier molecular flexibility index (Phi) is 5.53. The molecule has 28 heavy (non-hydrogen) atoms. The summed E-state index contributed by atoms with van der Waals surface area (Å²) in [4.78, 5) is 4.58. The zero-order chi connectivity index (χ0) is 20.5. The van der Waals surface area contributed by atoms with Gasteiger partial charge in [-0.1, -0.05) is 29.4 Å². The van der Waals surface area contributed by atoms with Gasteiger partial charge in [0.2, 0.25) is 21.7 Å². The molecule has 148 valence electrons. The van der Waals surface area contributed by atoms with Crippen LogP contribution in [0.15, 0.2) is 45.8 Å². The summed E-state index contributed by atoms with van der Waals surface area (Å²) in [5.41, 5.74) is 3.30. The van der Waals surface area contributed by atoms with E-state index in [1.165, 1.54) is 11.4 Å². The van der Waals surface area contributed by atoms with Crippen molar-refractivity contribution in [1.82, 2.24) is 14.4 Å². The van der Waals surface area contributed by atoms with E-state index in [2.05, 4.69) is 10.1 Å². The number of ether oxygens (including phenoxy) is 1. The molecule has 3 aromatic rings. The van der Waals surface area contributed by atoms with Crippen LogP contribution >= 0.6 is 0 Å². The van der Waals surface area contributed by atoms with Crippen molar-refractivity contribution in [2.24, 2.45) is 0 Å². The Bertz CT molecular complexity index is 1110. The van der Waals surface area contributed by atoms with Crippen LogP contribution in [0.2, 0.25) is 0 Å². The van der Waals surface area contributed by atoms with E-state index in [1.54, 1.807) is 26.2 Å². The van der Waals surface area contributed by atoms with Gasteiger partial charge in [-0.25, -0.2) is 8.42 Å². The molecular weight excluding hydrogens is 378 g/mol. The maximum absolute atomic E-state index is 13.0. The number of nitrogens with zero attached hydrogens (tertiary/aromatic N) is 3. The molecule has 8 heteroatoms. The van der Waals surface area contributed by atoms with E-state index in [9.17, 15) is 8.42 Å². The maximum Gasteiger partial charge on any atom is 0.243 e. The summed E-state index contributed by atoms with van der Waals surface area (Å²) in [6.07, 6.45) is 0. The first kappa shape index (κ1) is 20.0. The first-order valence-electron chi connectivity index (χ1n) is 8.74. The van der Waals surface area contributed by atoms with E-state index < -0.39 is 10.0 Å². The largest absolute Gasteiger partial charge is 0.496 e. The Morgan fingerprint density at radius 1 is 1.07 bits per heavy atom. The number of sulfonamides is 1. The van der Waals surface area contributed by atoms with E-state index in [0.29, 0.717) is 17.1 Å². The van der Waals surface area contributed by atoms with Crippen LogP contribution in [0.4, 0.5) is 0 Å². The Labute approximate surface area is 165 Å². The van der Waals surface area contributed by atoms with E-state index in [0.717, 1.165) is 16.7 Å². The molecule has 1 heterocycles. The number of aryl methyl sites for hydroxylation is 1. The second kappa shape index (κ2) is 7.73. The van der Waals surface area contributed by atoms with Gasteiger partial charge in [-0.2, -0.15) is 9.29 Å². The summed E-state index contributed by atoms with van der Waals surface area (Å²) >= 11 is 0. The highest BCUT2D eigenvalue weighted by Crippen LogP contribution is 2.29. The topological polar surface area (TPSA) is 85.5 Å². The van der Waals surface area contributed by atoms with E-state index in [-0.39, 0.29) is 17.3 Å². The van der Waals surface area contributed by atoms with Gasteiger partial charge in [0.25, 0.3) is 0 Å². The second-order valence-corrected chi connectivity index (χ2v) is 8.62. The first-order valence-corrected chi connectivity index (χ1v) is 10.2. The fourth-order valence-electron chi connectivity index (χ4n) is 2.97. The standard InChI is InChI=1S/C20H23N3O4S/c1-13-8-6-7-9-16(13)20-21-19(27-22-20)12-23(4)28(24,25)18-11-10-17(26-5)14(2)15(18)3/h6-11H,12H2,1-5H3. The van der Waals surface area contributed by atoms with Gasteiger partial charge in [0.1, 0.15) is 5.75 Å². The lowest BCUT2D eigenvalue weighted by Crippen LogP contribution is -2.27. The molecule has 0 saturated heterocycles. The third-order valence-corrected chi connectivity index (χ3v) is 6.76. The predicted octanol–water partition coefficient (Wildman–Crippen LogP) is 3.49. The van der Waals surface area contributed by atoms with Gasteiger partial charge in [0.15, 0.2) is 0 Å². The molecule has 0 aliphatic carbocycles. The normalized spacial score (nSPS) is 11.8. The van der Waals surface area contributed by atoms with Crippen LogP contribution in [0, 0.1) is 20.8 Å². The Balaban J connectivity index is 1.86. The molecule has 0 saturated carbocycles. The summed E-state index contributed by atoms with van der Waals surface area (Å²) in [5, 5.41) is 3.99. The van der Waals surface area contributed by atoms with Gasteiger partial charge in [-0.05, 0) is 49.6 Å². The van der Waals surface area contributed by atoms with Crippen molar-refractivity contribution in [2.45, 2.75) is 32.2 Å². The first-order chi connectivity index (χ1) is 13.3. The van der Waals surface area contributed by atoms with Crippen molar-refractivity contribution in [3.63, 3.8) is 0 Å². The average Bonchev–Trinajstić information content (AvgIpc) is 3.12. The van der Waals surface area contributed by atoms with Gasteiger partial charge in [-0.3, -0.25) is 0 Å². The fourth-order valence-corrected chi connectivity index (χ4v) is 4.36. The van der Waals surface area contributed by atoms with Crippen LogP contribution in [0.25, 0.3) is 11.4 Å². The molecule has 0 spiro atoms. The molecule has 0 aliphatic heterocycles. The summed E-state index contributed by atoms with van der Waals surface area (Å²) in [7, 11) is -0.678. The molecule has 0 atom stereocenters. The van der Waals surface area contributed by atoms with Crippen molar-refractivity contribution in [3.05, 3.63) is 59.0 Å². The van der Waals surface area contributed by atoms with Gasteiger partial charge >= 0.3 is 0 Å². The molecule has 0 unspecified atom stereocenters. The van der Waals surface area contributed by atoms with Crippen LogP contribution in [0.5, 0.6) is 5.75 Å². The SMILES string of the molecule is COc1ccc(S(=O)(=O)N(C)Cc2nc(-c3ccccc3C)no2)c(C)c1C. The molecule has 0 N–H and O–H groups in total. The quantitative estimate of drug-likeness (QED) is 0.628. The molecule has 0 aliphatic rings. The number of hydrogen-bond acceptors (Lipinski definition) is 6. The van der Waals surface area contributed by atoms with Crippen molar-refractivity contribution >= 4 is 10.0 Å². The molecule has 0 bridgehead atoms. The number of aromatic nitrogens is 2. The smallest absolute Gasteiger partial charge is 0.243 e. The van der Waals surface area contributed by atoms with Crippen LogP contribution in [-0.2, 0) is 16.6 Å². The van der Waals surface area contributed by atoms with Gasteiger partial charge in [-0.15, -0.1) is 0 Å². The summed E-state index contributed by atoms with van der Waals surface area (Å²) < 4.78 is 37.8. The fraction of sp³-hybridized carbons (Fsp3) is 0.300. The highest BCUT2D eigenvalue weighted by molar-refractivity contribution is 7.89. The van der Waals surface area contributed by atoms with E-state index >= 15 is 0 Å². The van der Waals surface area contributed by atoms with Gasteiger partial charge in [0, 0.05) is 12.6 Å². The molecule has 0 amide bonds. The zero-order valence-corrected chi connectivity index (χ0v) is 17.4. The lowest BCUT2D eigenvalue weighted by molar-refractivity contribution is 0.336. The van der Waals surface area contributed by atoms with Crippen LogP contribution < -0.4 is 4.74 Å². The van der Waals surface area contributed by atoms with Crippen molar-refractivity contribution in [3.8, 4) is 17.1 Å². The van der Waals surface area contributed by atoms with Crippen LogP contribution in [-0.4, -0.2) is 37.0 Å². The number of methoxy groups -OCH3 is 1. The summed E-state index contributed by atoms with van der Waals surface area (Å²) in [6.45, 7) is 5.53. The molecule has 3 rings (SSSR count). The molecule has 2 aromatic carbocycles.